The van der Waals surface area contributed by atoms with Crippen molar-refractivity contribution in [2.75, 3.05) is 18.0 Å². The Morgan fingerprint density at radius 3 is 2.45 bits per heavy atom. The molecule has 13 heteroatoms. The molecule has 214 valence electrons. The van der Waals surface area contributed by atoms with E-state index in [0.29, 0.717) is 39.8 Å². The Labute approximate surface area is 240 Å². The van der Waals surface area contributed by atoms with Crippen LogP contribution in [0.4, 0.5) is 19.0 Å². The number of rotatable bonds is 7. The van der Waals surface area contributed by atoms with Gasteiger partial charge in [0.15, 0.2) is 0 Å². The van der Waals surface area contributed by atoms with Gasteiger partial charge in [-0.15, -0.1) is 11.3 Å². The zero-order valence-corrected chi connectivity index (χ0v) is 24.0. The van der Waals surface area contributed by atoms with Gasteiger partial charge in [-0.1, -0.05) is 23.7 Å². The highest BCUT2D eigenvalue weighted by Gasteiger charge is 2.40. The number of carbonyl (C=O) groups excluding carboxylic acids is 1. The molecule has 1 aromatic carbocycles. The van der Waals surface area contributed by atoms with Gasteiger partial charge in [-0.3, -0.25) is 4.79 Å². The molecular weight excluding hydrogens is 585 g/mol. The van der Waals surface area contributed by atoms with E-state index in [9.17, 15) is 26.4 Å². The minimum atomic E-state index is -4.44. The van der Waals surface area contributed by atoms with E-state index in [4.69, 9.17) is 16.6 Å². The van der Waals surface area contributed by atoms with E-state index in [1.807, 2.05) is 6.07 Å². The van der Waals surface area contributed by atoms with Gasteiger partial charge in [-0.25, -0.2) is 13.4 Å². The lowest BCUT2D eigenvalue weighted by Crippen LogP contribution is -2.45. The minimum Gasteiger partial charge on any atom is -0.354 e. The molecule has 3 aromatic rings. The molecule has 2 aromatic heterocycles. The average Bonchev–Trinajstić information content (AvgIpc) is 3.68. The van der Waals surface area contributed by atoms with Crippen LogP contribution in [0.5, 0.6) is 0 Å². The van der Waals surface area contributed by atoms with Crippen LogP contribution >= 0.6 is 22.9 Å². The zero-order chi connectivity index (χ0) is 28.7. The number of carbonyl (C=O) groups is 1. The van der Waals surface area contributed by atoms with Gasteiger partial charge >= 0.3 is 6.18 Å². The fraction of sp³-hybridized carbons (Fsp3) is 0.407. The first-order valence-electron chi connectivity index (χ1n) is 12.9. The van der Waals surface area contributed by atoms with Crippen LogP contribution in [0.15, 0.2) is 52.7 Å². The molecule has 40 heavy (non-hydrogen) atoms. The number of halogens is 4. The Morgan fingerprint density at radius 2 is 1.82 bits per heavy atom. The molecule has 4 heterocycles. The molecule has 0 radical (unpaired) electrons. The van der Waals surface area contributed by atoms with Crippen LogP contribution in [-0.2, 0) is 27.5 Å². The number of sulfonamides is 1. The van der Waals surface area contributed by atoms with Crippen LogP contribution in [0.3, 0.4) is 0 Å². The molecule has 2 fully saturated rings. The molecule has 7 nitrogen and oxygen atoms in total. The normalized spacial score (nSPS) is 20.3. The molecule has 2 aliphatic heterocycles. The van der Waals surface area contributed by atoms with Crippen molar-refractivity contribution < 1.29 is 26.4 Å². The van der Waals surface area contributed by atoms with Crippen molar-refractivity contribution in [3.63, 3.8) is 0 Å². The summed E-state index contributed by atoms with van der Waals surface area (Å²) in [7, 11) is -3.87. The molecular formula is C27H28ClF3N4O3S2. The van der Waals surface area contributed by atoms with Crippen molar-refractivity contribution in [1.29, 1.82) is 0 Å². The van der Waals surface area contributed by atoms with Crippen molar-refractivity contribution in [2.45, 2.75) is 61.6 Å². The Hall–Kier alpha value is -2.67. The molecule has 0 bridgehead atoms. The summed E-state index contributed by atoms with van der Waals surface area (Å²) in [5, 5.41) is 2.87. The molecule has 2 aliphatic rings. The van der Waals surface area contributed by atoms with Crippen LogP contribution in [0, 0.1) is 0 Å². The Balaban J connectivity index is 1.38. The van der Waals surface area contributed by atoms with Gasteiger partial charge in [0, 0.05) is 31.2 Å². The predicted molar refractivity (Wildman–Crippen MR) is 149 cm³/mol. The fourth-order valence-corrected chi connectivity index (χ4v) is 8.49. The number of hydrogen-bond donors (Lipinski definition) is 1. The van der Waals surface area contributed by atoms with E-state index in [1.165, 1.54) is 28.6 Å². The number of anilines is 1. The Kier molecular flexibility index (Phi) is 8.15. The summed E-state index contributed by atoms with van der Waals surface area (Å²) >= 11 is 6.89. The summed E-state index contributed by atoms with van der Waals surface area (Å²) in [6.07, 6.45) is -1.49. The van der Waals surface area contributed by atoms with Crippen LogP contribution in [0.25, 0.3) is 11.3 Å². The first kappa shape index (κ1) is 28.8. The molecule has 2 saturated heterocycles. The smallest absolute Gasteiger partial charge is 0.354 e. The first-order valence-corrected chi connectivity index (χ1v) is 15.6. The van der Waals surface area contributed by atoms with Gasteiger partial charge in [0.25, 0.3) is 10.0 Å². The summed E-state index contributed by atoms with van der Waals surface area (Å²) in [6.45, 7) is 3.24. The summed E-state index contributed by atoms with van der Waals surface area (Å²) in [4.78, 5) is 20.1. The van der Waals surface area contributed by atoms with Crippen LogP contribution in [0.2, 0.25) is 4.34 Å². The van der Waals surface area contributed by atoms with Crippen molar-refractivity contribution in [2.24, 2.45) is 0 Å². The average molecular weight is 613 g/mol. The molecule has 0 aliphatic carbocycles. The monoisotopic (exact) mass is 612 g/mol. The lowest BCUT2D eigenvalue weighted by molar-refractivity contribution is -0.137. The van der Waals surface area contributed by atoms with Crippen molar-refractivity contribution in [3.8, 4) is 11.3 Å². The van der Waals surface area contributed by atoms with Gasteiger partial charge in [-0.2, -0.15) is 17.5 Å². The highest BCUT2D eigenvalue weighted by Crippen LogP contribution is 2.34. The Morgan fingerprint density at radius 1 is 1.10 bits per heavy atom. The molecule has 1 N–H and O–H groups in total. The predicted octanol–water partition coefficient (Wildman–Crippen LogP) is 5.94. The summed E-state index contributed by atoms with van der Waals surface area (Å²) < 4.78 is 67.3. The number of hydrogen-bond acceptors (Lipinski definition) is 6. The second-order valence-electron chi connectivity index (χ2n) is 10.0. The number of pyridine rings is 1. The maximum Gasteiger partial charge on any atom is 0.416 e. The number of nitrogens with one attached hydrogen (secondary N) is 1. The number of aromatic nitrogens is 1. The lowest BCUT2D eigenvalue weighted by atomic mass is 10.1. The van der Waals surface area contributed by atoms with E-state index in [1.54, 1.807) is 6.07 Å². The van der Waals surface area contributed by atoms with Gasteiger partial charge in [0.2, 0.25) is 5.91 Å². The summed E-state index contributed by atoms with van der Waals surface area (Å²) in [5.41, 5.74) is 0.991. The van der Waals surface area contributed by atoms with E-state index in [-0.39, 0.29) is 23.3 Å². The number of nitrogens with zero attached hydrogens (tertiary/aromatic N) is 3. The quantitative estimate of drug-likeness (QED) is 0.357. The maximum absolute atomic E-state index is 13.2. The van der Waals surface area contributed by atoms with Crippen LogP contribution in [-0.4, -0.2) is 48.8 Å². The number of amides is 1. The maximum atomic E-state index is 13.2. The molecule has 5 rings (SSSR count). The van der Waals surface area contributed by atoms with Gasteiger partial charge in [0.05, 0.1) is 15.6 Å². The SMILES string of the molecule is CC1CCCN1c1cc(CNC(=O)C2CCCN2S(=O)(=O)c2ccc(Cl)s2)cc(-c2ccc(C(F)(F)F)cc2)n1. The van der Waals surface area contributed by atoms with Crippen molar-refractivity contribution in [3.05, 3.63) is 64.0 Å². The van der Waals surface area contributed by atoms with Crippen LogP contribution < -0.4 is 10.2 Å². The number of benzene rings is 1. The van der Waals surface area contributed by atoms with E-state index in [0.717, 1.165) is 42.9 Å². The lowest BCUT2D eigenvalue weighted by Gasteiger charge is -2.25. The second-order valence-corrected chi connectivity index (χ2v) is 13.9. The second kappa shape index (κ2) is 11.3. The van der Waals surface area contributed by atoms with Crippen LogP contribution in [0.1, 0.15) is 43.7 Å². The van der Waals surface area contributed by atoms with E-state index < -0.39 is 33.7 Å². The largest absolute Gasteiger partial charge is 0.416 e. The third kappa shape index (κ3) is 6.00. The summed E-state index contributed by atoms with van der Waals surface area (Å²) in [6, 6.07) is 10.8. The van der Waals surface area contributed by atoms with E-state index >= 15 is 0 Å². The molecule has 2 unspecified atom stereocenters. The topological polar surface area (TPSA) is 82.6 Å². The van der Waals surface area contributed by atoms with Gasteiger partial charge in [-0.05, 0) is 74.6 Å². The third-order valence-corrected chi connectivity index (χ3v) is 10.9. The summed E-state index contributed by atoms with van der Waals surface area (Å²) in [5.74, 6) is 0.277. The fourth-order valence-electron chi connectivity index (χ4n) is 5.22. The molecule has 0 spiro atoms. The highest BCUT2D eigenvalue weighted by atomic mass is 35.5. The molecule has 0 saturated carbocycles. The van der Waals surface area contributed by atoms with E-state index in [2.05, 4.69) is 17.1 Å². The molecule has 2 atom stereocenters. The van der Waals surface area contributed by atoms with Gasteiger partial charge in [0.1, 0.15) is 16.1 Å². The number of thiophene rings is 1. The third-order valence-electron chi connectivity index (χ3n) is 7.31. The van der Waals surface area contributed by atoms with Crippen molar-refractivity contribution >= 4 is 44.7 Å². The molecule has 1 amide bonds. The highest BCUT2D eigenvalue weighted by molar-refractivity contribution is 7.91. The first-order chi connectivity index (χ1) is 18.9. The minimum absolute atomic E-state index is 0.0943. The number of alkyl halides is 3. The van der Waals surface area contributed by atoms with Crippen molar-refractivity contribution in [1.82, 2.24) is 14.6 Å². The van der Waals surface area contributed by atoms with Gasteiger partial charge < -0.3 is 10.2 Å². The Bertz CT molecular complexity index is 1500. The standard InChI is InChI=1S/C27H28ClF3N4O3S2/c1-17-4-2-12-34(17)24-15-18(14-21(33-24)19-6-8-20(9-7-19)27(29,30)31)16-32-26(36)22-5-3-13-35(22)40(37,38)25-11-10-23(28)39-25/h6-11,14-15,17,22H,2-5,12-13,16H2,1H3,(H,32,36). The zero-order valence-electron chi connectivity index (χ0n) is 21.6.